The lowest BCUT2D eigenvalue weighted by atomic mass is 9.94. The van der Waals surface area contributed by atoms with E-state index in [0.717, 1.165) is 37.9 Å². The third-order valence-corrected chi connectivity index (χ3v) is 7.93. The average Bonchev–Trinajstić information content (AvgIpc) is 3.07. The second-order valence-corrected chi connectivity index (χ2v) is 9.90. The van der Waals surface area contributed by atoms with E-state index >= 15 is 0 Å². The molecule has 2 aliphatic rings. The predicted octanol–water partition coefficient (Wildman–Crippen LogP) is 2.88. The second kappa shape index (κ2) is 7.26. The van der Waals surface area contributed by atoms with Crippen LogP contribution in [0.4, 0.5) is 5.69 Å². The quantitative estimate of drug-likeness (QED) is 0.741. The Balaban J connectivity index is 1.41. The van der Waals surface area contributed by atoms with Gasteiger partial charge in [-0.15, -0.1) is 11.3 Å². The van der Waals surface area contributed by atoms with Gasteiger partial charge in [0, 0.05) is 18.8 Å². The maximum absolute atomic E-state index is 12.7. The highest BCUT2D eigenvalue weighted by Gasteiger charge is 2.51. The zero-order chi connectivity index (χ0) is 18.9. The SMILES string of the molecule is O=C(NC[C@H]1CCCO1)C1(c2ccc(NS(=O)(=O)c3cccs3)cc2)CC1. The van der Waals surface area contributed by atoms with Crippen molar-refractivity contribution in [3.63, 3.8) is 0 Å². The number of thiophene rings is 1. The summed E-state index contributed by atoms with van der Waals surface area (Å²) >= 11 is 1.17. The van der Waals surface area contributed by atoms with Gasteiger partial charge in [-0.05, 0) is 54.8 Å². The molecule has 0 unspecified atom stereocenters. The van der Waals surface area contributed by atoms with E-state index in [4.69, 9.17) is 4.74 Å². The van der Waals surface area contributed by atoms with Crippen LogP contribution in [0.25, 0.3) is 0 Å². The summed E-state index contributed by atoms with van der Waals surface area (Å²) in [4.78, 5) is 12.7. The van der Waals surface area contributed by atoms with Crippen LogP contribution in [0.15, 0.2) is 46.0 Å². The van der Waals surface area contributed by atoms with Crippen molar-refractivity contribution in [1.29, 1.82) is 0 Å². The van der Waals surface area contributed by atoms with Crippen LogP contribution in [0.3, 0.4) is 0 Å². The number of carbonyl (C=O) groups is 1. The third kappa shape index (κ3) is 3.88. The lowest BCUT2D eigenvalue weighted by molar-refractivity contribution is -0.124. The Morgan fingerprint density at radius 2 is 2.00 bits per heavy atom. The van der Waals surface area contributed by atoms with E-state index in [1.165, 1.54) is 11.3 Å². The Kier molecular flexibility index (Phi) is 4.96. The molecule has 0 bridgehead atoms. The standard InChI is InChI=1S/C19H22N2O4S2/c22-18(20-13-16-3-1-11-25-16)19(9-10-19)14-5-7-15(8-6-14)21-27(23,24)17-4-2-12-26-17/h2,4-8,12,16,21H,1,3,9-11,13H2,(H,20,22)/t16-/m1/s1. The molecule has 2 fully saturated rings. The maximum Gasteiger partial charge on any atom is 0.271 e. The first-order valence-electron chi connectivity index (χ1n) is 9.06. The second-order valence-electron chi connectivity index (χ2n) is 7.04. The molecule has 1 aromatic heterocycles. The van der Waals surface area contributed by atoms with Gasteiger partial charge >= 0.3 is 0 Å². The predicted molar refractivity (Wildman–Crippen MR) is 104 cm³/mol. The zero-order valence-electron chi connectivity index (χ0n) is 14.8. The van der Waals surface area contributed by atoms with Gasteiger partial charge < -0.3 is 10.1 Å². The maximum atomic E-state index is 12.7. The number of nitrogens with one attached hydrogen (secondary N) is 2. The summed E-state index contributed by atoms with van der Waals surface area (Å²) in [6, 6.07) is 10.4. The highest BCUT2D eigenvalue weighted by atomic mass is 32.2. The Morgan fingerprint density at radius 3 is 2.59 bits per heavy atom. The minimum atomic E-state index is -3.56. The van der Waals surface area contributed by atoms with Gasteiger partial charge in [-0.1, -0.05) is 18.2 Å². The van der Waals surface area contributed by atoms with Gasteiger partial charge in [-0.2, -0.15) is 0 Å². The largest absolute Gasteiger partial charge is 0.376 e. The molecule has 144 valence electrons. The fourth-order valence-corrected chi connectivity index (χ4v) is 5.48. The number of carbonyl (C=O) groups excluding carboxylic acids is 1. The molecule has 1 amide bonds. The van der Waals surface area contributed by atoms with Gasteiger partial charge in [0.25, 0.3) is 10.0 Å². The Labute approximate surface area is 163 Å². The summed E-state index contributed by atoms with van der Waals surface area (Å²) in [7, 11) is -3.56. The van der Waals surface area contributed by atoms with Crippen molar-refractivity contribution in [2.45, 2.75) is 41.4 Å². The summed E-state index contributed by atoms with van der Waals surface area (Å²) in [6.45, 7) is 1.33. The highest BCUT2D eigenvalue weighted by Crippen LogP contribution is 2.48. The van der Waals surface area contributed by atoms with Crippen LogP contribution >= 0.6 is 11.3 Å². The molecule has 2 aromatic rings. The number of hydrogen-bond acceptors (Lipinski definition) is 5. The molecule has 0 spiro atoms. The average molecular weight is 407 g/mol. The highest BCUT2D eigenvalue weighted by molar-refractivity contribution is 7.94. The summed E-state index contributed by atoms with van der Waals surface area (Å²) in [5.74, 6) is 0.0323. The normalized spacial score (nSPS) is 21.0. The summed E-state index contributed by atoms with van der Waals surface area (Å²) < 4.78 is 33.0. The zero-order valence-corrected chi connectivity index (χ0v) is 16.4. The summed E-state index contributed by atoms with van der Waals surface area (Å²) in [6.07, 6.45) is 3.79. The molecule has 1 aliphatic carbocycles. The van der Waals surface area contributed by atoms with Gasteiger partial charge in [0.2, 0.25) is 5.91 Å². The first-order chi connectivity index (χ1) is 13.0. The number of anilines is 1. The van der Waals surface area contributed by atoms with Crippen molar-refractivity contribution in [2.75, 3.05) is 17.9 Å². The molecule has 27 heavy (non-hydrogen) atoms. The molecule has 2 N–H and O–H groups in total. The number of rotatable bonds is 7. The number of amides is 1. The molecule has 1 aliphatic heterocycles. The van der Waals surface area contributed by atoms with Crippen LogP contribution in [-0.2, 0) is 25.0 Å². The third-order valence-electron chi connectivity index (χ3n) is 5.15. The Bertz CT molecular complexity index is 898. The molecule has 1 atom stereocenters. The van der Waals surface area contributed by atoms with Crippen LogP contribution < -0.4 is 10.0 Å². The van der Waals surface area contributed by atoms with Crippen molar-refractivity contribution in [1.82, 2.24) is 5.32 Å². The molecular formula is C19H22N2O4S2. The van der Waals surface area contributed by atoms with E-state index in [1.54, 1.807) is 29.6 Å². The van der Waals surface area contributed by atoms with Crippen molar-refractivity contribution in [3.8, 4) is 0 Å². The molecule has 1 aromatic carbocycles. The van der Waals surface area contributed by atoms with Crippen LogP contribution in [0.2, 0.25) is 0 Å². The molecule has 1 saturated carbocycles. The summed E-state index contributed by atoms with van der Waals surface area (Å²) in [5.41, 5.74) is 0.929. The van der Waals surface area contributed by atoms with Crippen molar-refractivity contribution >= 4 is 33.0 Å². The van der Waals surface area contributed by atoms with Crippen molar-refractivity contribution in [2.24, 2.45) is 0 Å². The van der Waals surface area contributed by atoms with Gasteiger partial charge in [-0.25, -0.2) is 8.42 Å². The molecule has 1 saturated heterocycles. The van der Waals surface area contributed by atoms with Crippen LogP contribution in [0, 0.1) is 0 Å². The fourth-order valence-electron chi connectivity index (χ4n) is 3.43. The van der Waals surface area contributed by atoms with E-state index in [1.807, 2.05) is 12.1 Å². The number of ether oxygens (including phenoxy) is 1. The molecular weight excluding hydrogens is 384 g/mol. The smallest absolute Gasteiger partial charge is 0.271 e. The van der Waals surface area contributed by atoms with E-state index < -0.39 is 15.4 Å². The van der Waals surface area contributed by atoms with Crippen LogP contribution in [0.5, 0.6) is 0 Å². The van der Waals surface area contributed by atoms with Crippen molar-refractivity contribution in [3.05, 3.63) is 47.3 Å². The van der Waals surface area contributed by atoms with Gasteiger partial charge in [0.05, 0.1) is 11.5 Å². The van der Waals surface area contributed by atoms with Crippen LogP contribution in [0.1, 0.15) is 31.2 Å². The molecule has 8 heteroatoms. The molecule has 4 rings (SSSR count). The minimum absolute atomic E-state index is 0.0323. The molecule has 0 radical (unpaired) electrons. The van der Waals surface area contributed by atoms with Gasteiger partial charge in [-0.3, -0.25) is 9.52 Å². The van der Waals surface area contributed by atoms with Gasteiger partial charge in [0.15, 0.2) is 0 Å². The van der Waals surface area contributed by atoms with E-state index in [0.29, 0.717) is 12.2 Å². The lowest BCUT2D eigenvalue weighted by Gasteiger charge is -2.18. The number of hydrogen-bond donors (Lipinski definition) is 2. The molecule has 6 nitrogen and oxygen atoms in total. The number of benzene rings is 1. The first-order valence-corrected chi connectivity index (χ1v) is 11.4. The van der Waals surface area contributed by atoms with Crippen molar-refractivity contribution < 1.29 is 17.9 Å². The lowest BCUT2D eigenvalue weighted by Crippen LogP contribution is -2.39. The number of sulfonamides is 1. The Hall–Kier alpha value is -1.90. The molecule has 2 heterocycles. The minimum Gasteiger partial charge on any atom is -0.376 e. The fraction of sp³-hybridized carbons (Fsp3) is 0.421. The summed E-state index contributed by atoms with van der Waals surface area (Å²) in [5, 5.41) is 4.75. The van der Waals surface area contributed by atoms with E-state index in [2.05, 4.69) is 10.0 Å². The first kappa shape index (κ1) is 18.5. The van der Waals surface area contributed by atoms with E-state index in [-0.39, 0.29) is 16.2 Å². The van der Waals surface area contributed by atoms with Crippen LogP contribution in [-0.4, -0.2) is 33.6 Å². The Morgan fingerprint density at radius 1 is 1.22 bits per heavy atom. The monoisotopic (exact) mass is 406 g/mol. The van der Waals surface area contributed by atoms with E-state index in [9.17, 15) is 13.2 Å². The van der Waals surface area contributed by atoms with Gasteiger partial charge in [0.1, 0.15) is 4.21 Å². The topological polar surface area (TPSA) is 84.5 Å².